The van der Waals surface area contributed by atoms with E-state index in [1.54, 1.807) is 19.1 Å². The number of halogens is 3. The molecule has 0 unspecified atom stereocenters. The largest absolute Gasteiger partial charge is 0.573 e. The van der Waals surface area contributed by atoms with Gasteiger partial charge in [-0.25, -0.2) is 0 Å². The number of rotatable bonds is 2. The minimum atomic E-state index is -4.80. The number of aryl methyl sites for hydroxylation is 1. The van der Waals surface area contributed by atoms with Crippen LogP contribution >= 0.6 is 0 Å². The quantitative estimate of drug-likeness (QED) is 0.909. The molecule has 19 heavy (non-hydrogen) atoms. The zero-order valence-electron chi connectivity index (χ0n) is 9.91. The van der Waals surface area contributed by atoms with E-state index in [1.165, 1.54) is 24.4 Å². The van der Waals surface area contributed by atoms with E-state index in [-0.39, 0.29) is 11.1 Å². The third kappa shape index (κ3) is 2.96. The Morgan fingerprint density at radius 1 is 1.16 bits per heavy atom. The molecule has 1 heterocycles. The summed E-state index contributed by atoms with van der Waals surface area (Å²) in [5.74, 6) is -0.394. The summed E-state index contributed by atoms with van der Waals surface area (Å²) in [5.41, 5.74) is 0.390. The molecular weight excluding hydrogens is 259 g/mol. The molecule has 0 spiro atoms. The van der Waals surface area contributed by atoms with E-state index in [0.29, 0.717) is 5.56 Å². The average molecular weight is 269 g/mol. The number of pyridine rings is 1. The second kappa shape index (κ2) is 4.79. The maximum atomic E-state index is 12.3. The van der Waals surface area contributed by atoms with Crippen molar-refractivity contribution in [3.63, 3.8) is 0 Å². The smallest absolute Gasteiger partial charge is 0.405 e. The molecule has 2 rings (SSSR count). The summed E-state index contributed by atoms with van der Waals surface area (Å²) >= 11 is 0. The maximum Gasteiger partial charge on any atom is 0.573 e. The molecule has 0 aliphatic rings. The Balaban J connectivity index is 2.60. The highest BCUT2D eigenvalue weighted by Gasteiger charge is 2.32. The number of ether oxygens (including phenoxy) is 1. The summed E-state index contributed by atoms with van der Waals surface area (Å²) in [6.07, 6.45) is -3.36. The normalized spacial score (nSPS) is 11.4. The highest BCUT2D eigenvalue weighted by Crippen LogP contribution is 2.33. The molecule has 100 valence electrons. The van der Waals surface area contributed by atoms with Crippen molar-refractivity contribution in [3.8, 4) is 16.9 Å². The molecule has 0 atom stereocenters. The second-order valence-electron chi connectivity index (χ2n) is 3.91. The molecule has 6 heteroatoms. The number of benzene rings is 1. The Morgan fingerprint density at radius 3 is 2.47 bits per heavy atom. The number of para-hydroxylation sites is 1. The molecule has 1 N–H and O–H groups in total. The van der Waals surface area contributed by atoms with Gasteiger partial charge in [0, 0.05) is 11.8 Å². The van der Waals surface area contributed by atoms with E-state index in [9.17, 15) is 18.0 Å². The number of H-pyrrole nitrogens is 1. The summed E-state index contributed by atoms with van der Waals surface area (Å²) in [6, 6.07) is 7.16. The first-order valence-corrected chi connectivity index (χ1v) is 5.42. The van der Waals surface area contributed by atoms with Crippen LogP contribution in [0.4, 0.5) is 13.2 Å². The SMILES string of the molecule is Cc1cc[nH]c(=O)c1-c1ccccc1OC(F)(F)F. The van der Waals surface area contributed by atoms with Gasteiger partial charge in [-0.1, -0.05) is 18.2 Å². The van der Waals surface area contributed by atoms with Crippen molar-refractivity contribution in [1.29, 1.82) is 0 Å². The first-order chi connectivity index (χ1) is 8.88. The third-order valence-electron chi connectivity index (χ3n) is 2.55. The fourth-order valence-electron chi connectivity index (χ4n) is 1.80. The van der Waals surface area contributed by atoms with Crippen LogP contribution in [0.2, 0.25) is 0 Å². The van der Waals surface area contributed by atoms with E-state index in [1.807, 2.05) is 0 Å². The van der Waals surface area contributed by atoms with Gasteiger partial charge < -0.3 is 9.72 Å². The van der Waals surface area contributed by atoms with Gasteiger partial charge in [0.25, 0.3) is 5.56 Å². The molecule has 0 radical (unpaired) electrons. The van der Waals surface area contributed by atoms with Gasteiger partial charge >= 0.3 is 6.36 Å². The average Bonchev–Trinajstić information content (AvgIpc) is 2.29. The van der Waals surface area contributed by atoms with Gasteiger partial charge in [-0.05, 0) is 24.6 Å². The fourth-order valence-corrected chi connectivity index (χ4v) is 1.80. The van der Waals surface area contributed by atoms with Crippen molar-refractivity contribution in [2.75, 3.05) is 0 Å². The Morgan fingerprint density at radius 2 is 1.84 bits per heavy atom. The Hall–Kier alpha value is -2.24. The standard InChI is InChI=1S/C13H10F3NO2/c1-8-6-7-17-12(18)11(8)9-4-2-3-5-10(9)19-13(14,15)16/h2-7H,1H3,(H,17,18). The lowest BCUT2D eigenvalue weighted by atomic mass is 10.0. The number of hydrogen-bond donors (Lipinski definition) is 1. The van der Waals surface area contributed by atoms with Crippen molar-refractivity contribution in [3.05, 3.63) is 52.4 Å². The summed E-state index contributed by atoms with van der Waals surface area (Å²) in [4.78, 5) is 14.2. The predicted molar refractivity (Wildman–Crippen MR) is 63.9 cm³/mol. The maximum absolute atomic E-state index is 12.3. The van der Waals surface area contributed by atoms with Gasteiger partial charge in [-0.2, -0.15) is 0 Å². The van der Waals surface area contributed by atoms with Crippen molar-refractivity contribution in [2.45, 2.75) is 13.3 Å². The number of aromatic nitrogens is 1. The lowest BCUT2D eigenvalue weighted by molar-refractivity contribution is -0.274. The number of alkyl halides is 3. The molecule has 1 aromatic carbocycles. The second-order valence-corrected chi connectivity index (χ2v) is 3.91. The van der Waals surface area contributed by atoms with Crippen LogP contribution in [-0.4, -0.2) is 11.3 Å². The summed E-state index contributed by atoms with van der Waals surface area (Å²) < 4.78 is 40.9. The van der Waals surface area contributed by atoms with Crippen molar-refractivity contribution in [2.24, 2.45) is 0 Å². The van der Waals surface area contributed by atoms with E-state index in [2.05, 4.69) is 9.72 Å². The highest BCUT2D eigenvalue weighted by molar-refractivity contribution is 5.72. The molecule has 0 fully saturated rings. The van der Waals surface area contributed by atoms with Crippen LogP contribution in [-0.2, 0) is 0 Å². The molecule has 1 aromatic heterocycles. The van der Waals surface area contributed by atoms with Crippen LogP contribution in [0.5, 0.6) is 5.75 Å². The third-order valence-corrected chi connectivity index (χ3v) is 2.55. The summed E-state index contributed by atoms with van der Waals surface area (Å²) in [7, 11) is 0. The van der Waals surface area contributed by atoms with Crippen LogP contribution < -0.4 is 10.3 Å². The molecule has 3 nitrogen and oxygen atoms in total. The van der Waals surface area contributed by atoms with Gasteiger partial charge in [-0.15, -0.1) is 13.2 Å². The number of hydrogen-bond acceptors (Lipinski definition) is 2. The predicted octanol–water partition coefficient (Wildman–Crippen LogP) is 3.25. The zero-order valence-corrected chi connectivity index (χ0v) is 9.91. The summed E-state index contributed by atoms with van der Waals surface area (Å²) in [5, 5.41) is 0. The zero-order chi connectivity index (χ0) is 14.0. The minimum absolute atomic E-state index is 0.110. The Kier molecular flexibility index (Phi) is 3.33. The number of nitrogens with one attached hydrogen (secondary N) is 1. The van der Waals surface area contributed by atoms with Gasteiger partial charge in [-0.3, -0.25) is 4.79 Å². The van der Waals surface area contributed by atoms with E-state index in [4.69, 9.17) is 0 Å². The van der Waals surface area contributed by atoms with Crippen LogP contribution in [0.25, 0.3) is 11.1 Å². The topological polar surface area (TPSA) is 42.1 Å². The first-order valence-electron chi connectivity index (χ1n) is 5.42. The Labute approximate surface area is 106 Å². The molecular formula is C13H10F3NO2. The highest BCUT2D eigenvalue weighted by atomic mass is 19.4. The van der Waals surface area contributed by atoms with Crippen molar-refractivity contribution < 1.29 is 17.9 Å². The molecule has 0 saturated heterocycles. The van der Waals surface area contributed by atoms with Gasteiger partial charge in [0.2, 0.25) is 0 Å². The van der Waals surface area contributed by atoms with E-state index >= 15 is 0 Å². The van der Waals surface area contributed by atoms with Gasteiger partial charge in [0.05, 0.1) is 5.56 Å². The first kappa shape index (κ1) is 13.2. The van der Waals surface area contributed by atoms with Crippen molar-refractivity contribution in [1.82, 2.24) is 4.98 Å². The summed E-state index contributed by atoms with van der Waals surface area (Å²) in [6.45, 7) is 1.65. The van der Waals surface area contributed by atoms with Gasteiger partial charge in [0.15, 0.2) is 0 Å². The lowest BCUT2D eigenvalue weighted by Gasteiger charge is -2.13. The monoisotopic (exact) mass is 269 g/mol. The lowest BCUT2D eigenvalue weighted by Crippen LogP contribution is -2.18. The van der Waals surface area contributed by atoms with Crippen molar-refractivity contribution >= 4 is 0 Å². The van der Waals surface area contributed by atoms with Crippen LogP contribution in [0.3, 0.4) is 0 Å². The molecule has 0 saturated carbocycles. The van der Waals surface area contributed by atoms with E-state index in [0.717, 1.165) is 0 Å². The molecule has 0 amide bonds. The van der Waals surface area contributed by atoms with Crippen LogP contribution in [0.15, 0.2) is 41.3 Å². The molecule has 0 aliphatic carbocycles. The van der Waals surface area contributed by atoms with Crippen LogP contribution in [0.1, 0.15) is 5.56 Å². The number of aromatic amines is 1. The Bertz CT molecular complexity index is 647. The molecule has 2 aromatic rings. The van der Waals surface area contributed by atoms with Gasteiger partial charge in [0.1, 0.15) is 5.75 Å². The minimum Gasteiger partial charge on any atom is -0.405 e. The fraction of sp³-hybridized carbons (Fsp3) is 0.154. The van der Waals surface area contributed by atoms with E-state index < -0.39 is 17.7 Å². The van der Waals surface area contributed by atoms with Crippen LogP contribution in [0, 0.1) is 6.92 Å². The molecule has 0 bridgehead atoms. The molecule has 0 aliphatic heterocycles.